The molecule has 0 aliphatic carbocycles. The van der Waals surface area contributed by atoms with E-state index in [0.717, 1.165) is 19.4 Å². The number of fused-ring (bicyclic) bond motifs is 1. The van der Waals surface area contributed by atoms with Crippen LogP contribution in [0.15, 0.2) is 29.1 Å². The number of carbonyl (C=O) groups excluding carboxylic acids is 1. The predicted molar refractivity (Wildman–Crippen MR) is 82.7 cm³/mol. The molecule has 3 rings (SSSR count). The van der Waals surface area contributed by atoms with Crippen molar-refractivity contribution >= 4 is 16.9 Å². The van der Waals surface area contributed by atoms with E-state index in [2.05, 4.69) is 14.9 Å². The van der Waals surface area contributed by atoms with Crippen molar-refractivity contribution in [1.82, 2.24) is 14.9 Å². The maximum atomic E-state index is 12.0. The summed E-state index contributed by atoms with van der Waals surface area (Å²) in [7, 11) is 1.42. The Balaban J connectivity index is 1.74. The van der Waals surface area contributed by atoms with Crippen molar-refractivity contribution in [3.63, 3.8) is 0 Å². The summed E-state index contributed by atoms with van der Waals surface area (Å²) in [6.45, 7) is 1.55. The quantitative estimate of drug-likeness (QED) is 0.856. The van der Waals surface area contributed by atoms with Crippen LogP contribution in [0.4, 0.5) is 0 Å². The molecule has 2 heterocycles. The molecule has 1 fully saturated rings. The van der Waals surface area contributed by atoms with Gasteiger partial charge in [-0.2, -0.15) is 0 Å². The Labute approximate surface area is 128 Å². The van der Waals surface area contributed by atoms with Crippen LogP contribution in [0.2, 0.25) is 0 Å². The first-order valence-electron chi connectivity index (χ1n) is 7.49. The van der Waals surface area contributed by atoms with Gasteiger partial charge < -0.3 is 9.72 Å². The molecule has 0 radical (unpaired) electrons. The molecule has 1 aromatic carbocycles. The number of rotatable bonds is 4. The summed E-state index contributed by atoms with van der Waals surface area (Å²) in [6, 6.07) is 7.12. The van der Waals surface area contributed by atoms with Gasteiger partial charge in [0.25, 0.3) is 5.56 Å². The fourth-order valence-electron chi connectivity index (χ4n) is 3.00. The Hall–Kier alpha value is -2.21. The number of methoxy groups -OCH3 is 1. The molecule has 6 heteroatoms. The molecule has 6 nitrogen and oxygen atoms in total. The number of benzene rings is 1. The molecule has 0 saturated carbocycles. The molecule has 0 amide bonds. The van der Waals surface area contributed by atoms with Crippen molar-refractivity contribution in [2.75, 3.05) is 20.2 Å². The molecule has 1 aliphatic rings. The van der Waals surface area contributed by atoms with Crippen molar-refractivity contribution in [1.29, 1.82) is 0 Å². The molecule has 0 unspecified atom stereocenters. The summed E-state index contributed by atoms with van der Waals surface area (Å²) in [5, 5.41) is 0.597. The highest BCUT2D eigenvalue weighted by Crippen LogP contribution is 2.18. The number of H-pyrrole nitrogens is 1. The number of carbonyl (C=O) groups is 1. The average molecular weight is 301 g/mol. The highest BCUT2D eigenvalue weighted by atomic mass is 16.5. The zero-order chi connectivity index (χ0) is 15.5. The Morgan fingerprint density at radius 1 is 1.45 bits per heavy atom. The fraction of sp³-hybridized carbons (Fsp3) is 0.438. The molecule has 1 atom stereocenters. The first-order chi connectivity index (χ1) is 10.7. The zero-order valence-corrected chi connectivity index (χ0v) is 12.5. The lowest BCUT2D eigenvalue weighted by molar-refractivity contribution is -0.145. The van der Waals surface area contributed by atoms with E-state index in [0.29, 0.717) is 29.7 Å². The minimum Gasteiger partial charge on any atom is -0.468 e. The van der Waals surface area contributed by atoms with Crippen LogP contribution < -0.4 is 5.56 Å². The number of nitrogens with one attached hydrogen (secondary N) is 1. The number of ether oxygens (including phenoxy) is 1. The van der Waals surface area contributed by atoms with Crippen molar-refractivity contribution in [3.8, 4) is 0 Å². The van der Waals surface area contributed by atoms with E-state index in [9.17, 15) is 9.59 Å². The van der Waals surface area contributed by atoms with E-state index in [-0.39, 0.29) is 17.6 Å². The topological polar surface area (TPSA) is 75.3 Å². The van der Waals surface area contributed by atoms with Crippen molar-refractivity contribution in [3.05, 3.63) is 40.4 Å². The number of likely N-dealkylation sites (tertiary alicyclic amines) is 1. The van der Waals surface area contributed by atoms with Gasteiger partial charge in [0.05, 0.1) is 18.0 Å². The van der Waals surface area contributed by atoms with E-state index in [1.165, 1.54) is 7.11 Å². The van der Waals surface area contributed by atoms with Crippen LogP contribution in [0.5, 0.6) is 0 Å². The van der Waals surface area contributed by atoms with Crippen LogP contribution in [-0.2, 0) is 16.0 Å². The van der Waals surface area contributed by atoms with Gasteiger partial charge in [0.2, 0.25) is 0 Å². The van der Waals surface area contributed by atoms with Gasteiger partial charge in [-0.25, -0.2) is 4.98 Å². The van der Waals surface area contributed by atoms with Gasteiger partial charge in [0, 0.05) is 13.0 Å². The third kappa shape index (κ3) is 2.87. The van der Waals surface area contributed by atoms with Crippen LogP contribution in [0.1, 0.15) is 18.7 Å². The van der Waals surface area contributed by atoms with E-state index >= 15 is 0 Å². The SMILES string of the molecule is COC(=O)[C@@H]1CCCN1CCc1nc2ccccc2c(=O)[nH]1. The summed E-state index contributed by atoms with van der Waals surface area (Å²) in [6.07, 6.45) is 2.42. The van der Waals surface area contributed by atoms with Gasteiger partial charge in [-0.3, -0.25) is 14.5 Å². The second kappa shape index (κ2) is 6.27. The maximum Gasteiger partial charge on any atom is 0.323 e. The van der Waals surface area contributed by atoms with E-state index in [4.69, 9.17) is 4.74 Å². The number of para-hydroxylation sites is 1. The van der Waals surface area contributed by atoms with E-state index < -0.39 is 0 Å². The fourth-order valence-corrected chi connectivity index (χ4v) is 3.00. The van der Waals surface area contributed by atoms with Crippen LogP contribution in [0.3, 0.4) is 0 Å². The van der Waals surface area contributed by atoms with Gasteiger partial charge >= 0.3 is 5.97 Å². The molecular formula is C16H19N3O3. The van der Waals surface area contributed by atoms with Crippen LogP contribution in [-0.4, -0.2) is 47.1 Å². The Kier molecular flexibility index (Phi) is 4.20. The monoisotopic (exact) mass is 301 g/mol. The van der Waals surface area contributed by atoms with E-state index in [1.807, 2.05) is 18.2 Å². The Morgan fingerprint density at radius 3 is 3.09 bits per heavy atom. The molecule has 116 valence electrons. The summed E-state index contributed by atoms with van der Waals surface area (Å²) >= 11 is 0. The minimum absolute atomic E-state index is 0.119. The molecule has 1 aliphatic heterocycles. The van der Waals surface area contributed by atoms with Gasteiger partial charge in [0.1, 0.15) is 11.9 Å². The van der Waals surface area contributed by atoms with Gasteiger partial charge in [0.15, 0.2) is 0 Å². The molecular weight excluding hydrogens is 282 g/mol. The molecule has 1 saturated heterocycles. The molecule has 0 spiro atoms. The molecule has 1 N–H and O–H groups in total. The lowest BCUT2D eigenvalue weighted by atomic mass is 10.2. The molecule has 0 bridgehead atoms. The average Bonchev–Trinajstić information content (AvgIpc) is 3.01. The highest BCUT2D eigenvalue weighted by molar-refractivity contribution is 5.77. The van der Waals surface area contributed by atoms with Crippen molar-refractivity contribution in [2.24, 2.45) is 0 Å². The molecule has 1 aromatic heterocycles. The third-order valence-corrected chi connectivity index (χ3v) is 4.13. The standard InChI is InChI=1S/C16H19N3O3/c1-22-16(21)13-7-4-9-19(13)10-8-14-17-12-6-3-2-5-11(12)15(20)18-14/h2-3,5-6,13H,4,7-10H2,1H3,(H,17,18,20)/t13-/m0/s1. The summed E-state index contributed by atoms with van der Waals surface area (Å²) in [5.74, 6) is 0.469. The number of nitrogens with zero attached hydrogens (tertiary/aromatic N) is 2. The number of aromatic nitrogens is 2. The van der Waals surface area contributed by atoms with Gasteiger partial charge in [-0.05, 0) is 31.5 Å². The number of esters is 1. The van der Waals surface area contributed by atoms with Crippen LogP contribution in [0, 0.1) is 0 Å². The number of hydrogen-bond acceptors (Lipinski definition) is 5. The number of aromatic amines is 1. The van der Waals surface area contributed by atoms with Gasteiger partial charge in [-0.1, -0.05) is 12.1 Å². The highest BCUT2D eigenvalue weighted by Gasteiger charge is 2.31. The second-order valence-corrected chi connectivity index (χ2v) is 5.50. The van der Waals surface area contributed by atoms with Crippen LogP contribution >= 0.6 is 0 Å². The van der Waals surface area contributed by atoms with E-state index in [1.54, 1.807) is 6.07 Å². The van der Waals surface area contributed by atoms with Crippen molar-refractivity contribution in [2.45, 2.75) is 25.3 Å². The van der Waals surface area contributed by atoms with Crippen LogP contribution in [0.25, 0.3) is 10.9 Å². The second-order valence-electron chi connectivity index (χ2n) is 5.50. The third-order valence-electron chi connectivity index (χ3n) is 4.13. The molecule has 2 aromatic rings. The molecule has 22 heavy (non-hydrogen) atoms. The first kappa shape index (κ1) is 14.7. The largest absolute Gasteiger partial charge is 0.468 e. The number of hydrogen-bond donors (Lipinski definition) is 1. The minimum atomic E-state index is -0.183. The maximum absolute atomic E-state index is 12.0. The lowest BCUT2D eigenvalue weighted by Gasteiger charge is -2.21. The Bertz CT molecular complexity index is 741. The van der Waals surface area contributed by atoms with Crippen molar-refractivity contribution < 1.29 is 9.53 Å². The smallest absolute Gasteiger partial charge is 0.323 e. The Morgan fingerprint density at radius 2 is 2.27 bits per heavy atom. The zero-order valence-electron chi connectivity index (χ0n) is 12.5. The lowest BCUT2D eigenvalue weighted by Crippen LogP contribution is -2.38. The normalized spacial score (nSPS) is 18.7. The van der Waals surface area contributed by atoms with Gasteiger partial charge in [-0.15, -0.1) is 0 Å². The first-order valence-corrected chi connectivity index (χ1v) is 7.49. The summed E-state index contributed by atoms with van der Waals surface area (Å²) < 4.78 is 4.84. The summed E-state index contributed by atoms with van der Waals surface area (Å²) in [4.78, 5) is 33.2. The predicted octanol–water partition coefficient (Wildman–Crippen LogP) is 1.10. The summed E-state index contributed by atoms with van der Waals surface area (Å²) in [5.41, 5.74) is 0.582.